The number of anilines is 2. The number of sulfonamides is 1. The predicted octanol–water partition coefficient (Wildman–Crippen LogP) is 1.94. The number of nitrogens with one attached hydrogen (secondary N) is 2. The molecule has 3 rings (SSSR count). The number of morpholine rings is 1. The minimum Gasteiger partial charge on any atom is -0.378 e. The van der Waals surface area contributed by atoms with Crippen LogP contribution in [0.3, 0.4) is 0 Å². The minimum absolute atomic E-state index is 0.0495. The van der Waals surface area contributed by atoms with Gasteiger partial charge in [-0.2, -0.15) is 0 Å². The quantitative estimate of drug-likeness (QED) is 0.551. The number of nitrogens with zero attached hydrogens (tertiary/aromatic N) is 2. The number of halogens is 1. The third kappa shape index (κ3) is 7.16. The van der Waals surface area contributed by atoms with Gasteiger partial charge in [0.15, 0.2) is 0 Å². The summed E-state index contributed by atoms with van der Waals surface area (Å²) in [7, 11) is -2.34. The van der Waals surface area contributed by atoms with Crippen molar-refractivity contribution in [1.29, 1.82) is 0 Å². The van der Waals surface area contributed by atoms with Gasteiger partial charge in [-0.1, -0.05) is 23.7 Å². The molecule has 0 aromatic heterocycles. The van der Waals surface area contributed by atoms with E-state index in [4.69, 9.17) is 16.3 Å². The van der Waals surface area contributed by atoms with Gasteiger partial charge in [0.05, 0.1) is 24.8 Å². The number of amides is 2. The Kier molecular flexibility index (Phi) is 8.67. The number of benzene rings is 2. The maximum Gasteiger partial charge on any atom is 0.243 e. The first-order valence-corrected chi connectivity index (χ1v) is 12.3. The molecule has 2 amide bonds. The zero-order chi connectivity index (χ0) is 23.8. The lowest BCUT2D eigenvalue weighted by atomic mass is 10.2. The van der Waals surface area contributed by atoms with Crippen molar-refractivity contribution in [3.8, 4) is 0 Å². The van der Waals surface area contributed by atoms with Crippen LogP contribution < -0.4 is 14.9 Å². The van der Waals surface area contributed by atoms with Gasteiger partial charge >= 0.3 is 0 Å². The highest BCUT2D eigenvalue weighted by Crippen LogP contribution is 2.20. The van der Waals surface area contributed by atoms with Gasteiger partial charge < -0.3 is 19.9 Å². The molecule has 0 radical (unpaired) electrons. The van der Waals surface area contributed by atoms with E-state index in [2.05, 4.69) is 14.9 Å². The topological polar surface area (TPSA) is 108 Å². The van der Waals surface area contributed by atoms with Crippen molar-refractivity contribution in [2.45, 2.75) is 11.3 Å². The molecular weight excluding hydrogens is 468 g/mol. The summed E-state index contributed by atoms with van der Waals surface area (Å²) in [6.07, 6.45) is -0.0955. The van der Waals surface area contributed by atoms with Crippen LogP contribution in [0.15, 0.2) is 53.4 Å². The normalized spacial score (nSPS) is 14.1. The fourth-order valence-electron chi connectivity index (χ4n) is 3.30. The van der Waals surface area contributed by atoms with Gasteiger partial charge in [0.25, 0.3) is 0 Å². The molecule has 1 aliphatic rings. The van der Waals surface area contributed by atoms with Crippen LogP contribution in [0.1, 0.15) is 6.42 Å². The summed E-state index contributed by atoms with van der Waals surface area (Å²) in [5.41, 5.74) is 1.69. The fourth-order valence-corrected chi connectivity index (χ4v) is 4.85. The van der Waals surface area contributed by atoms with Crippen molar-refractivity contribution in [2.24, 2.45) is 0 Å². The van der Waals surface area contributed by atoms with Crippen LogP contribution in [0, 0.1) is 0 Å². The number of hydrogen-bond donors (Lipinski definition) is 2. The lowest BCUT2D eigenvalue weighted by molar-refractivity contribution is -0.133. The molecule has 0 aliphatic carbocycles. The van der Waals surface area contributed by atoms with Gasteiger partial charge in [0.1, 0.15) is 4.90 Å². The molecule has 33 heavy (non-hydrogen) atoms. The third-order valence-electron chi connectivity index (χ3n) is 5.09. The molecule has 0 bridgehead atoms. The summed E-state index contributed by atoms with van der Waals surface area (Å²) in [6, 6.07) is 13.5. The Morgan fingerprint density at radius 3 is 2.42 bits per heavy atom. The molecule has 1 fully saturated rings. The van der Waals surface area contributed by atoms with E-state index in [1.165, 1.54) is 24.1 Å². The summed E-state index contributed by atoms with van der Waals surface area (Å²) in [4.78, 5) is 28.0. The third-order valence-corrected chi connectivity index (χ3v) is 7.05. The van der Waals surface area contributed by atoms with Crippen molar-refractivity contribution in [2.75, 3.05) is 56.7 Å². The van der Waals surface area contributed by atoms with Crippen molar-refractivity contribution >= 4 is 44.8 Å². The van der Waals surface area contributed by atoms with Crippen LogP contribution in [-0.2, 0) is 24.3 Å². The zero-order valence-electron chi connectivity index (χ0n) is 18.3. The van der Waals surface area contributed by atoms with Crippen LogP contribution >= 0.6 is 11.6 Å². The van der Waals surface area contributed by atoms with E-state index in [0.29, 0.717) is 18.9 Å². The van der Waals surface area contributed by atoms with E-state index >= 15 is 0 Å². The van der Waals surface area contributed by atoms with Crippen LogP contribution in [0.4, 0.5) is 11.4 Å². The molecular formula is C22H27ClN4O5S. The molecule has 2 N–H and O–H groups in total. The molecule has 0 saturated carbocycles. The molecule has 2 aromatic rings. The highest BCUT2D eigenvalue weighted by Gasteiger charge is 2.19. The summed E-state index contributed by atoms with van der Waals surface area (Å²) >= 11 is 5.93. The van der Waals surface area contributed by atoms with Gasteiger partial charge in [-0.25, -0.2) is 13.1 Å². The number of ether oxygens (including phenoxy) is 1. The number of hydrogen-bond acceptors (Lipinski definition) is 6. The Morgan fingerprint density at radius 1 is 1.09 bits per heavy atom. The molecule has 9 nitrogen and oxygen atoms in total. The fraction of sp³-hybridized carbons (Fsp3) is 0.364. The van der Waals surface area contributed by atoms with E-state index in [9.17, 15) is 18.0 Å². The molecule has 11 heteroatoms. The zero-order valence-corrected chi connectivity index (χ0v) is 19.9. The lowest BCUT2D eigenvalue weighted by Crippen LogP contribution is -2.37. The molecule has 2 aromatic carbocycles. The predicted molar refractivity (Wildman–Crippen MR) is 127 cm³/mol. The lowest BCUT2D eigenvalue weighted by Gasteiger charge is -2.28. The Balaban J connectivity index is 1.43. The van der Waals surface area contributed by atoms with E-state index in [1.807, 2.05) is 24.3 Å². The molecule has 1 aliphatic heterocycles. The minimum atomic E-state index is -3.83. The average molecular weight is 495 g/mol. The monoisotopic (exact) mass is 494 g/mol. The Bertz CT molecular complexity index is 1070. The molecule has 1 heterocycles. The molecule has 0 unspecified atom stereocenters. The first kappa shape index (κ1) is 25.0. The van der Waals surface area contributed by atoms with Crippen molar-refractivity contribution in [3.05, 3.63) is 53.6 Å². The van der Waals surface area contributed by atoms with Crippen molar-refractivity contribution in [3.63, 3.8) is 0 Å². The standard InChI is InChI=1S/C22H27ClN4O5S/c1-26(22(29)10-11-24-33(30,31)20-5-3-2-4-19(20)23)16-21(28)25-17-6-8-18(9-7-17)27-12-14-32-15-13-27/h2-9,24H,10-16H2,1H3,(H,25,28). The largest absolute Gasteiger partial charge is 0.378 e. The first-order valence-electron chi connectivity index (χ1n) is 10.5. The van der Waals surface area contributed by atoms with E-state index < -0.39 is 10.0 Å². The Labute approximate surface area is 198 Å². The highest BCUT2D eigenvalue weighted by molar-refractivity contribution is 7.89. The first-order chi connectivity index (χ1) is 15.8. The summed E-state index contributed by atoms with van der Waals surface area (Å²) in [5.74, 6) is -0.712. The Hall–Kier alpha value is -2.66. The maximum absolute atomic E-state index is 12.3. The second-order valence-corrected chi connectivity index (χ2v) is 9.67. The van der Waals surface area contributed by atoms with Gasteiger partial charge in [-0.05, 0) is 36.4 Å². The molecule has 178 valence electrons. The second kappa shape index (κ2) is 11.5. The van der Waals surface area contributed by atoms with Crippen LogP contribution in [0.25, 0.3) is 0 Å². The smallest absolute Gasteiger partial charge is 0.243 e. The SMILES string of the molecule is CN(CC(=O)Nc1ccc(N2CCOCC2)cc1)C(=O)CCNS(=O)(=O)c1ccccc1Cl. The van der Waals surface area contributed by atoms with Gasteiger partial charge in [0.2, 0.25) is 21.8 Å². The van der Waals surface area contributed by atoms with Crippen molar-refractivity contribution < 1.29 is 22.7 Å². The average Bonchev–Trinajstić information content (AvgIpc) is 2.80. The highest BCUT2D eigenvalue weighted by atomic mass is 35.5. The summed E-state index contributed by atoms with van der Waals surface area (Å²) < 4.78 is 32.3. The molecule has 0 spiro atoms. The van der Waals surface area contributed by atoms with Gasteiger partial charge in [-0.3, -0.25) is 9.59 Å². The van der Waals surface area contributed by atoms with Gasteiger partial charge in [0, 0.05) is 44.5 Å². The van der Waals surface area contributed by atoms with E-state index in [1.54, 1.807) is 12.1 Å². The molecule has 1 saturated heterocycles. The van der Waals surface area contributed by atoms with Gasteiger partial charge in [-0.15, -0.1) is 0 Å². The van der Waals surface area contributed by atoms with E-state index in [0.717, 1.165) is 18.8 Å². The van der Waals surface area contributed by atoms with E-state index in [-0.39, 0.29) is 41.2 Å². The van der Waals surface area contributed by atoms with Crippen molar-refractivity contribution in [1.82, 2.24) is 9.62 Å². The van der Waals surface area contributed by atoms with Crippen LogP contribution in [-0.4, -0.2) is 71.6 Å². The Morgan fingerprint density at radius 2 is 1.76 bits per heavy atom. The number of rotatable bonds is 9. The number of likely N-dealkylation sites (N-methyl/N-ethyl adjacent to an activating group) is 1. The number of carbonyl (C=O) groups excluding carboxylic acids is 2. The number of carbonyl (C=O) groups is 2. The van der Waals surface area contributed by atoms with Crippen LogP contribution in [0.2, 0.25) is 5.02 Å². The second-order valence-electron chi connectivity index (χ2n) is 7.52. The molecule has 0 atom stereocenters. The maximum atomic E-state index is 12.3. The summed E-state index contributed by atoms with van der Waals surface area (Å²) in [5, 5.41) is 2.86. The van der Waals surface area contributed by atoms with Crippen LogP contribution in [0.5, 0.6) is 0 Å². The summed E-state index contributed by atoms with van der Waals surface area (Å²) in [6.45, 7) is 2.78.